The third-order valence-corrected chi connectivity index (χ3v) is 1.61. The molecule has 3 heteroatoms. The Morgan fingerprint density at radius 3 is 2.58 bits per heavy atom. The van der Waals surface area contributed by atoms with E-state index in [2.05, 4.69) is 4.98 Å². The predicted molar refractivity (Wildman–Crippen MR) is 43.4 cm³/mol. The largest absolute Gasteiger partial charge is 0.506 e. The van der Waals surface area contributed by atoms with Crippen molar-refractivity contribution in [1.29, 1.82) is 0 Å². The number of hydrogen-bond acceptors (Lipinski definition) is 2. The number of fused-ring (bicyclic) bond motifs is 1. The van der Waals surface area contributed by atoms with Crippen molar-refractivity contribution in [2.75, 3.05) is 0 Å². The Labute approximate surface area is 89.4 Å². The summed E-state index contributed by atoms with van der Waals surface area (Å²) >= 11 is 0. The molecule has 0 aliphatic carbocycles. The van der Waals surface area contributed by atoms with Crippen LogP contribution in [0.3, 0.4) is 0 Å². The van der Waals surface area contributed by atoms with Gasteiger partial charge in [-0.1, -0.05) is 18.2 Å². The second kappa shape index (κ2) is 3.81. The molecule has 0 bridgehead atoms. The minimum absolute atomic E-state index is 0. The molecule has 0 spiro atoms. The van der Waals surface area contributed by atoms with E-state index < -0.39 is 0 Å². The number of phenols is 1. The van der Waals surface area contributed by atoms with Crippen molar-refractivity contribution in [3.63, 3.8) is 0 Å². The summed E-state index contributed by atoms with van der Waals surface area (Å²) in [6.45, 7) is 0. The molecule has 1 N–H and O–H groups in total. The molecule has 0 amide bonds. The normalized spacial score (nSPS) is 9.33. The van der Waals surface area contributed by atoms with Crippen LogP contribution in [0.25, 0.3) is 10.9 Å². The van der Waals surface area contributed by atoms with Gasteiger partial charge in [0.25, 0.3) is 0 Å². The first-order valence-corrected chi connectivity index (χ1v) is 3.40. The number of nitrogens with zero attached hydrogens (tertiary/aromatic N) is 1. The molecule has 2 aromatic rings. The first-order chi connectivity index (χ1) is 5.38. The van der Waals surface area contributed by atoms with E-state index in [1.807, 2.05) is 18.2 Å². The Kier molecular flexibility index (Phi) is 2.99. The smallest absolute Gasteiger partial charge is 0.141 e. The quantitative estimate of drug-likeness (QED) is 0.758. The molecule has 2 nitrogen and oxygen atoms in total. The van der Waals surface area contributed by atoms with Gasteiger partial charge in [0.05, 0.1) is 0 Å². The zero-order valence-electron chi connectivity index (χ0n) is 6.36. The number of pyridine rings is 1. The van der Waals surface area contributed by atoms with Gasteiger partial charge in [-0.05, 0) is 12.1 Å². The Hall–Kier alpha value is -0.687. The molecule has 2 rings (SSSR count). The first-order valence-electron chi connectivity index (χ1n) is 3.40. The summed E-state index contributed by atoms with van der Waals surface area (Å²) in [6, 6.07) is 9.13. The fourth-order valence-corrected chi connectivity index (χ4v) is 1.09. The van der Waals surface area contributed by atoms with Crippen LogP contribution >= 0.6 is 0 Å². The van der Waals surface area contributed by atoms with Crippen molar-refractivity contribution in [3.8, 4) is 5.75 Å². The number of aromatic hydroxyl groups is 1. The van der Waals surface area contributed by atoms with Crippen LogP contribution in [0.4, 0.5) is 0 Å². The van der Waals surface area contributed by atoms with E-state index in [4.69, 9.17) is 0 Å². The molecular weight excluding hydrogens is 229 g/mol. The standard InChI is InChI=1S/C9H7NO.Zr/c11-8-5-1-3-7-4-2-6-10-9(7)8;/h1-6,11H;. The SMILES string of the molecule is Oc1cccc2cccnc12.[Zr]. The molecule has 0 saturated heterocycles. The Balaban J connectivity index is 0.000000720. The van der Waals surface area contributed by atoms with E-state index in [9.17, 15) is 5.11 Å². The maximum Gasteiger partial charge on any atom is 0.141 e. The van der Waals surface area contributed by atoms with Crippen LogP contribution in [0, 0.1) is 0 Å². The summed E-state index contributed by atoms with van der Waals surface area (Å²) in [6.07, 6.45) is 1.67. The molecule has 1 aromatic carbocycles. The van der Waals surface area contributed by atoms with Gasteiger partial charge < -0.3 is 5.11 Å². The van der Waals surface area contributed by atoms with Gasteiger partial charge in [-0.2, -0.15) is 0 Å². The van der Waals surface area contributed by atoms with E-state index in [1.165, 1.54) is 0 Å². The van der Waals surface area contributed by atoms with Crippen LogP contribution in [0.5, 0.6) is 5.75 Å². The number of rotatable bonds is 0. The Morgan fingerprint density at radius 2 is 1.83 bits per heavy atom. The molecule has 0 atom stereocenters. The van der Waals surface area contributed by atoms with Crippen molar-refractivity contribution in [2.45, 2.75) is 0 Å². The van der Waals surface area contributed by atoms with Gasteiger partial charge in [-0.25, -0.2) is 0 Å². The van der Waals surface area contributed by atoms with Crippen LogP contribution in [-0.2, 0) is 26.2 Å². The van der Waals surface area contributed by atoms with Gasteiger partial charge in [-0.3, -0.25) is 4.98 Å². The topological polar surface area (TPSA) is 33.1 Å². The maximum absolute atomic E-state index is 9.31. The van der Waals surface area contributed by atoms with Crippen molar-refractivity contribution in [1.82, 2.24) is 4.98 Å². The first kappa shape index (κ1) is 9.40. The molecule has 0 radical (unpaired) electrons. The summed E-state index contributed by atoms with van der Waals surface area (Å²) in [5.74, 6) is 0.239. The van der Waals surface area contributed by atoms with E-state index >= 15 is 0 Å². The van der Waals surface area contributed by atoms with E-state index in [0.29, 0.717) is 5.52 Å². The third kappa shape index (κ3) is 1.56. The average Bonchev–Trinajstić information content (AvgIpc) is 2.06. The van der Waals surface area contributed by atoms with Crippen molar-refractivity contribution >= 4 is 10.9 Å². The van der Waals surface area contributed by atoms with Gasteiger partial charge in [0.15, 0.2) is 0 Å². The molecule has 58 valence electrons. The van der Waals surface area contributed by atoms with Crippen molar-refractivity contribution in [3.05, 3.63) is 36.5 Å². The summed E-state index contributed by atoms with van der Waals surface area (Å²) < 4.78 is 0. The molecule has 0 unspecified atom stereocenters. The van der Waals surface area contributed by atoms with E-state index in [1.54, 1.807) is 18.3 Å². The summed E-state index contributed by atoms with van der Waals surface area (Å²) in [5.41, 5.74) is 0.662. The van der Waals surface area contributed by atoms with E-state index in [-0.39, 0.29) is 32.0 Å². The molecule has 1 aromatic heterocycles. The maximum atomic E-state index is 9.31. The van der Waals surface area contributed by atoms with E-state index in [0.717, 1.165) is 5.39 Å². The molecule has 1 heterocycles. The van der Waals surface area contributed by atoms with Gasteiger partial charge in [0, 0.05) is 37.8 Å². The van der Waals surface area contributed by atoms with Gasteiger partial charge >= 0.3 is 0 Å². The fraction of sp³-hybridized carbons (Fsp3) is 0. The zero-order valence-corrected chi connectivity index (χ0v) is 8.82. The molecule has 0 saturated carbocycles. The second-order valence-corrected chi connectivity index (χ2v) is 2.35. The van der Waals surface area contributed by atoms with Gasteiger partial charge in [0.2, 0.25) is 0 Å². The summed E-state index contributed by atoms with van der Waals surface area (Å²) in [4.78, 5) is 4.03. The summed E-state index contributed by atoms with van der Waals surface area (Å²) in [7, 11) is 0. The predicted octanol–water partition coefficient (Wildman–Crippen LogP) is 1.94. The van der Waals surface area contributed by atoms with Crippen LogP contribution in [-0.4, -0.2) is 10.1 Å². The van der Waals surface area contributed by atoms with Crippen LogP contribution in [0.1, 0.15) is 0 Å². The zero-order chi connectivity index (χ0) is 7.68. The Bertz CT molecular complexity index is 384. The minimum atomic E-state index is 0. The molecule has 0 aliphatic heterocycles. The Morgan fingerprint density at radius 1 is 1.08 bits per heavy atom. The minimum Gasteiger partial charge on any atom is -0.506 e. The third-order valence-electron chi connectivity index (χ3n) is 1.61. The monoisotopic (exact) mass is 235 g/mol. The van der Waals surface area contributed by atoms with Gasteiger partial charge in [-0.15, -0.1) is 0 Å². The van der Waals surface area contributed by atoms with Crippen molar-refractivity contribution < 1.29 is 31.3 Å². The number of para-hydroxylation sites is 1. The number of phenolic OH excluding ortho intramolecular Hbond substituents is 1. The molecule has 0 aliphatic rings. The van der Waals surface area contributed by atoms with Gasteiger partial charge in [0.1, 0.15) is 11.3 Å². The van der Waals surface area contributed by atoms with Crippen LogP contribution in [0.2, 0.25) is 0 Å². The average molecular weight is 236 g/mol. The molecular formula is C9H7NOZr. The molecule has 12 heavy (non-hydrogen) atoms. The summed E-state index contributed by atoms with van der Waals surface area (Å²) in [5, 5.41) is 10.3. The number of hydrogen-bond donors (Lipinski definition) is 1. The van der Waals surface area contributed by atoms with Crippen LogP contribution < -0.4 is 0 Å². The number of benzene rings is 1. The second-order valence-electron chi connectivity index (χ2n) is 2.35. The molecule has 0 fully saturated rings. The van der Waals surface area contributed by atoms with Crippen LogP contribution in [0.15, 0.2) is 36.5 Å². The number of aromatic nitrogens is 1. The fourth-order valence-electron chi connectivity index (χ4n) is 1.09. The van der Waals surface area contributed by atoms with Crippen molar-refractivity contribution in [2.24, 2.45) is 0 Å².